The number of unbranched alkanes of at least 4 members (excludes halogenated alkanes) is 11. The van der Waals surface area contributed by atoms with Gasteiger partial charge in [0.15, 0.2) is 0 Å². The number of ether oxygens (including phenoxy) is 6. The molecule has 4 aliphatic rings. The number of amides is 1. The molecule has 2 fully saturated rings. The number of fused-ring (bicyclic) bond motifs is 2. The summed E-state index contributed by atoms with van der Waals surface area (Å²) in [6.45, 7) is 7.54. The lowest BCUT2D eigenvalue weighted by molar-refractivity contribution is -0.256. The minimum atomic E-state index is -1.51. The predicted molar refractivity (Wildman–Crippen MR) is 268 cm³/mol. The van der Waals surface area contributed by atoms with E-state index in [4.69, 9.17) is 38.4 Å². The van der Waals surface area contributed by atoms with Crippen LogP contribution in [0.3, 0.4) is 0 Å². The van der Waals surface area contributed by atoms with E-state index in [2.05, 4.69) is 19.6 Å². The second-order valence-corrected chi connectivity index (χ2v) is 19.4. The highest BCUT2D eigenvalue weighted by molar-refractivity contribution is 6.03. The molecule has 1 saturated carbocycles. The number of halogens is 1. The van der Waals surface area contributed by atoms with E-state index in [9.17, 15) is 24.5 Å². The van der Waals surface area contributed by atoms with E-state index in [1.807, 2.05) is 18.2 Å². The second-order valence-electron chi connectivity index (χ2n) is 19.4. The number of aliphatic hydroxyl groups excluding tert-OH is 3. The van der Waals surface area contributed by atoms with E-state index >= 15 is 0 Å². The quantitative estimate of drug-likeness (QED) is 0.0355. The van der Waals surface area contributed by atoms with Crippen LogP contribution in [0.15, 0.2) is 71.9 Å². The van der Waals surface area contributed by atoms with E-state index < -0.39 is 30.1 Å². The van der Waals surface area contributed by atoms with Crippen molar-refractivity contribution in [2.24, 2.45) is 22.9 Å². The highest BCUT2D eigenvalue weighted by Gasteiger charge is 2.65. The first kappa shape index (κ1) is 55.3. The third-order valence-corrected chi connectivity index (χ3v) is 14.5. The Labute approximate surface area is 416 Å². The van der Waals surface area contributed by atoms with Crippen molar-refractivity contribution in [3.63, 3.8) is 0 Å². The number of benzene rings is 2. The fourth-order valence-corrected chi connectivity index (χ4v) is 11.0. The maximum absolute atomic E-state index is 14.9. The molecule has 2 aliphatic carbocycles. The molecule has 2 heterocycles. The van der Waals surface area contributed by atoms with Gasteiger partial charge in [0.1, 0.15) is 30.0 Å². The fourth-order valence-electron chi connectivity index (χ4n) is 11.0. The topological polar surface area (TPSA) is 158 Å². The summed E-state index contributed by atoms with van der Waals surface area (Å²) in [6.07, 6.45) is 21.6. The molecule has 1 amide bonds. The Morgan fingerprint density at radius 1 is 0.900 bits per heavy atom. The van der Waals surface area contributed by atoms with Crippen LogP contribution in [0.2, 0.25) is 0 Å². The standard InChI is InChI=1S/C56H83FN2O11/c1-3-5-6-7-8-9-10-11-12-20-35-66-55(63)59(29-36-64-37-32-62)51-40-49(58-70-52-26-17-21-34-65-52)46-38-42(22-15-18-30-60)45(24-16-19-31-61)53-47-39-44(67-41-43-23-13-14-25-48(43)57)27-28-50(47)69-56(51,54(46)53)68-33-4-2/h4,13-14,23,25,27-28,38-39,42,45,51-54,60-62H,2-3,5-12,15-22,24,26,29-37,40-41H2,1H3. The second kappa shape index (κ2) is 30.1. The lowest BCUT2D eigenvalue weighted by atomic mass is 9.55. The van der Waals surface area contributed by atoms with Gasteiger partial charge in [-0.15, -0.1) is 6.58 Å². The number of carbonyl (C=O) groups is 1. The molecule has 2 aliphatic heterocycles. The summed E-state index contributed by atoms with van der Waals surface area (Å²) in [4.78, 5) is 22.8. The van der Waals surface area contributed by atoms with E-state index in [-0.39, 0.29) is 89.4 Å². The van der Waals surface area contributed by atoms with Gasteiger partial charge in [-0.1, -0.05) is 113 Å². The zero-order chi connectivity index (χ0) is 49.4. The molecule has 0 aromatic heterocycles. The molecule has 14 heteroatoms. The number of aliphatic hydroxyl groups is 3. The van der Waals surface area contributed by atoms with Crippen LogP contribution in [0.4, 0.5) is 9.18 Å². The van der Waals surface area contributed by atoms with Gasteiger partial charge in [0, 0.05) is 49.6 Å². The lowest BCUT2D eigenvalue weighted by Gasteiger charge is -2.59. The average molecular weight is 979 g/mol. The van der Waals surface area contributed by atoms with Crippen molar-refractivity contribution in [2.75, 3.05) is 59.4 Å². The normalized spacial score (nSPS) is 24.2. The molecule has 0 bridgehead atoms. The molecule has 3 N–H and O–H groups in total. The Morgan fingerprint density at radius 3 is 2.37 bits per heavy atom. The van der Waals surface area contributed by atoms with E-state index in [1.54, 1.807) is 29.2 Å². The molecular weight excluding hydrogens is 896 g/mol. The van der Waals surface area contributed by atoms with Crippen LogP contribution in [0.1, 0.15) is 152 Å². The maximum atomic E-state index is 14.9. The van der Waals surface area contributed by atoms with Crippen LogP contribution in [0, 0.1) is 23.6 Å². The summed E-state index contributed by atoms with van der Waals surface area (Å²) in [5.74, 6) is -1.58. The van der Waals surface area contributed by atoms with Gasteiger partial charge in [-0.2, -0.15) is 0 Å². The molecule has 0 radical (unpaired) electrons. The Bertz CT molecular complexity index is 1930. The van der Waals surface area contributed by atoms with Crippen molar-refractivity contribution in [3.8, 4) is 11.5 Å². The van der Waals surface area contributed by atoms with Gasteiger partial charge in [0.05, 0.1) is 51.3 Å². The predicted octanol–water partition coefficient (Wildman–Crippen LogP) is 10.9. The molecule has 390 valence electrons. The SMILES string of the molecule is C=CCOC12Oc3ccc(OCc4ccccc4F)cc3C3C(CCCCO)C(CCCCO)C=C(C(=NOC4CCCCO4)CC1N(CCOCCO)C(=O)OCCCCCCCCCCCC)C32. The van der Waals surface area contributed by atoms with Gasteiger partial charge >= 0.3 is 6.09 Å². The highest BCUT2D eigenvalue weighted by atomic mass is 19.1. The number of hydrogen-bond donors (Lipinski definition) is 3. The van der Waals surface area contributed by atoms with Gasteiger partial charge in [-0.05, 0) is 86.6 Å². The maximum Gasteiger partial charge on any atom is 0.410 e. The summed E-state index contributed by atoms with van der Waals surface area (Å²) >= 11 is 0. The first-order chi connectivity index (χ1) is 34.4. The third kappa shape index (κ3) is 15.2. The summed E-state index contributed by atoms with van der Waals surface area (Å²) in [7, 11) is 0. The van der Waals surface area contributed by atoms with Crippen LogP contribution < -0.4 is 9.47 Å². The number of oxime groups is 1. The van der Waals surface area contributed by atoms with Crippen molar-refractivity contribution < 1.29 is 57.8 Å². The Hall–Kier alpha value is -4.05. The number of allylic oxidation sites excluding steroid dienone is 1. The first-order valence-electron chi connectivity index (χ1n) is 26.7. The molecule has 2 aromatic rings. The smallest absolute Gasteiger partial charge is 0.410 e. The van der Waals surface area contributed by atoms with Crippen LogP contribution in [-0.4, -0.2) is 110 Å². The van der Waals surface area contributed by atoms with E-state index in [0.29, 0.717) is 48.6 Å². The zero-order valence-corrected chi connectivity index (χ0v) is 42.0. The Balaban J connectivity index is 1.43. The molecule has 6 rings (SSSR count). The number of carbonyl (C=O) groups excluding carboxylic acids is 1. The molecule has 70 heavy (non-hydrogen) atoms. The van der Waals surface area contributed by atoms with E-state index in [0.717, 1.165) is 75.3 Å². The molecule has 0 spiro atoms. The van der Waals surface area contributed by atoms with Crippen molar-refractivity contribution >= 4 is 11.8 Å². The minimum Gasteiger partial charge on any atom is -0.489 e. The van der Waals surface area contributed by atoms with Crippen molar-refractivity contribution in [1.82, 2.24) is 4.90 Å². The Morgan fingerprint density at radius 2 is 1.66 bits per heavy atom. The van der Waals surface area contributed by atoms with E-state index in [1.165, 1.54) is 44.6 Å². The number of rotatable bonds is 33. The molecule has 2 aromatic carbocycles. The lowest BCUT2D eigenvalue weighted by Crippen LogP contribution is -2.70. The van der Waals surface area contributed by atoms with Crippen molar-refractivity contribution in [1.29, 1.82) is 0 Å². The van der Waals surface area contributed by atoms with Crippen LogP contribution in [0.25, 0.3) is 0 Å². The molecular formula is C56H83FN2O11. The summed E-state index contributed by atoms with van der Waals surface area (Å²) in [5, 5.41) is 34.7. The summed E-state index contributed by atoms with van der Waals surface area (Å²) in [5.41, 5.74) is 2.87. The number of nitrogens with zero attached hydrogens (tertiary/aromatic N) is 2. The molecule has 7 atom stereocenters. The molecule has 1 saturated heterocycles. The zero-order valence-electron chi connectivity index (χ0n) is 42.0. The summed E-state index contributed by atoms with van der Waals surface area (Å²) < 4.78 is 53.7. The molecule has 13 nitrogen and oxygen atoms in total. The minimum absolute atomic E-state index is 0.0117. The molecule has 7 unspecified atom stereocenters. The van der Waals surface area contributed by atoms with Gasteiger partial charge in [-0.25, -0.2) is 9.18 Å². The van der Waals surface area contributed by atoms with Gasteiger partial charge in [0.25, 0.3) is 0 Å². The van der Waals surface area contributed by atoms with Crippen molar-refractivity contribution in [3.05, 3.63) is 83.7 Å². The summed E-state index contributed by atoms with van der Waals surface area (Å²) in [6, 6.07) is 11.5. The fraction of sp³-hybridized carbons (Fsp3) is 0.679. The number of hydrogen-bond acceptors (Lipinski definition) is 12. The van der Waals surface area contributed by atoms with Crippen molar-refractivity contribution in [2.45, 2.75) is 166 Å². The highest BCUT2D eigenvalue weighted by Crippen LogP contribution is 2.62. The van der Waals surface area contributed by atoms with Crippen LogP contribution in [0.5, 0.6) is 11.5 Å². The third-order valence-electron chi connectivity index (χ3n) is 14.5. The largest absolute Gasteiger partial charge is 0.489 e. The monoisotopic (exact) mass is 979 g/mol. The average Bonchev–Trinajstić information content (AvgIpc) is 3.38. The first-order valence-corrected chi connectivity index (χ1v) is 26.7. The van der Waals surface area contributed by atoms with Gasteiger partial charge in [-0.3, -0.25) is 4.90 Å². The van der Waals surface area contributed by atoms with Crippen LogP contribution in [-0.2, 0) is 30.4 Å². The van der Waals surface area contributed by atoms with Gasteiger partial charge in [0.2, 0.25) is 12.1 Å². The van der Waals surface area contributed by atoms with Gasteiger partial charge < -0.3 is 48.6 Å². The Kier molecular flexibility index (Phi) is 23.8. The van der Waals surface area contributed by atoms with Crippen LogP contribution >= 0.6 is 0 Å².